The first kappa shape index (κ1) is 12.5. The molecule has 1 aromatic carbocycles. The fraction of sp³-hybridized carbons (Fsp3) is 0.625. The number of hydrogen-bond donors (Lipinski definition) is 1. The number of halogens is 1. The SMILES string of the molecule is CNCC(c1cccc(Cl)c1)C1CC2CCC1C2. The van der Waals surface area contributed by atoms with Crippen molar-refractivity contribution in [1.82, 2.24) is 5.32 Å². The Hall–Kier alpha value is -0.530. The zero-order valence-electron chi connectivity index (χ0n) is 11.0. The largest absolute Gasteiger partial charge is 0.319 e. The first-order valence-electron chi connectivity index (χ1n) is 7.18. The molecule has 4 atom stereocenters. The van der Waals surface area contributed by atoms with Crippen molar-refractivity contribution in [2.75, 3.05) is 13.6 Å². The van der Waals surface area contributed by atoms with Crippen LogP contribution in [0, 0.1) is 17.8 Å². The Morgan fingerprint density at radius 3 is 2.83 bits per heavy atom. The van der Waals surface area contributed by atoms with E-state index >= 15 is 0 Å². The third-order valence-corrected chi connectivity index (χ3v) is 5.25. The van der Waals surface area contributed by atoms with Gasteiger partial charge in [0.1, 0.15) is 0 Å². The predicted molar refractivity (Wildman–Crippen MR) is 77.1 cm³/mol. The molecule has 3 rings (SSSR count). The van der Waals surface area contributed by atoms with Crippen molar-refractivity contribution >= 4 is 11.6 Å². The molecule has 0 spiro atoms. The van der Waals surface area contributed by atoms with E-state index in [1.54, 1.807) is 0 Å². The monoisotopic (exact) mass is 263 g/mol. The number of fused-ring (bicyclic) bond motifs is 2. The van der Waals surface area contributed by atoms with Crippen LogP contribution in [0.2, 0.25) is 5.02 Å². The van der Waals surface area contributed by atoms with E-state index in [0.29, 0.717) is 5.92 Å². The number of hydrogen-bond acceptors (Lipinski definition) is 1. The highest BCUT2D eigenvalue weighted by molar-refractivity contribution is 6.30. The molecule has 0 amide bonds. The maximum absolute atomic E-state index is 6.15. The van der Waals surface area contributed by atoms with Crippen LogP contribution in [0.15, 0.2) is 24.3 Å². The average molecular weight is 264 g/mol. The molecule has 0 saturated heterocycles. The minimum atomic E-state index is 0.643. The molecule has 18 heavy (non-hydrogen) atoms. The van der Waals surface area contributed by atoms with Gasteiger partial charge in [-0.3, -0.25) is 0 Å². The number of rotatable bonds is 4. The van der Waals surface area contributed by atoms with Gasteiger partial charge >= 0.3 is 0 Å². The predicted octanol–water partition coefficient (Wildman–Crippen LogP) is 4.08. The molecule has 98 valence electrons. The molecule has 2 heteroatoms. The van der Waals surface area contributed by atoms with Crippen LogP contribution in [0.5, 0.6) is 0 Å². The van der Waals surface area contributed by atoms with Crippen LogP contribution in [-0.4, -0.2) is 13.6 Å². The second kappa shape index (κ2) is 5.22. The zero-order valence-corrected chi connectivity index (χ0v) is 11.8. The highest BCUT2D eigenvalue weighted by Gasteiger charge is 2.43. The summed E-state index contributed by atoms with van der Waals surface area (Å²) in [5, 5.41) is 4.25. The third kappa shape index (κ3) is 2.31. The molecule has 0 heterocycles. The number of nitrogens with one attached hydrogen (secondary N) is 1. The second-order valence-corrected chi connectivity index (χ2v) is 6.49. The van der Waals surface area contributed by atoms with Gasteiger partial charge in [-0.15, -0.1) is 0 Å². The Morgan fingerprint density at radius 1 is 1.33 bits per heavy atom. The van der Waals surface area contributed by atoms with Crippen LogP contribution in [0.3, 0.4) is 0 Å². The molecule has 2 aliphatic rings. The summed E-state index contributed by atoms with van der Waals surface area (Å²) in [6.07, 6.45) is 5.84. The normalized spacial score (nSPS) is 31.8. The van der Waals surface area contributed by atoms with Gasteiger partial charge in [0, 0.05) is 11.6 Å². The molecule has 2 aliphatic carbocycles. The summed E-state index contributed by atoms with van der Waals surface area (Å²) >= 11 is 6.15. The van der Waals surface area contributed by atoms with Crippen LogP contribution in [0.25, 0.3) is 0 Å². The van der Waals surface area contributed by atoms with Crippen molar-refractivity contribution in [2.45, 2.75) is 31.6 Å². The van der Waals surface area contributed by atoms with Crippen LogP contribution >= 0.6 is 11.6 Å². The van der Waals surface area contributed by atoms with E-state index < -0.39 is 0 Å². The van der Waals surface area contributed by atoms with Crippen molar-refractivity contribution in [1.29, 1.82) is 0 Å². The van der Waals surface area contributed by atoms with E-state index in [1.165, 1.54) is 31.2 Å². The van der Waals surface area contributed by atoms with Crippen LogP contribution in [0.4, 0.5) is 0 Å². The smallest absolute Gasteiger partial charge is 0.0408 e. The van der Waals surface area contributed by atoms with E-state index in [4.69, 9.17) is 11.6 Å². The quantitative estimate of drug-likeness (QED) is 0.863. The lowest BCUT2D eigenvalue weighted by Gasteiger charge is -2.31. The molecule has 1 nitrogen and oxygen atoms in total. The van der Waals surface area contributed by atoms with E-state index in [2.05, 4.69) is 30.6 Å². The fourth-order valence-corrected chi connectivity index (χ4v) is 4.46. The highest BCUT2D eigenvalue weighted by Crippen LogP contribution is 2.53. The van der Waals surface area contributed by atoms with Crippen LogP contribution < -0.4 is 5.32 Å². The summed E-state index contributed by atoms with van der Waals surface area (Å²) in [7, 11) is 2.06. The minimum Gasteiger partial charge on any atom is -0.319 e. The van der Waals surface area contributed by atoms with Gasteiger partial charge in [-0.1, -0.05) is 30.2 Å². The van der Waals surface area contributed by atoms with Gasteiger partial charge in [0.05, 0.1) is 0 Å². The van der Waals surface area contributed by atoms with Gasteiger partial charge in [0.25, 0.3) is 0 Å². The van der Waals surface area contributed by atoms with Crippen LogP contribution in [-0.2, 0) is 0 Å². The molecular formula is C16H22ClN. The molecule has 0 radical (unpaired) electrons. The first-order valence-corrected chi connectivity index (χ1v) is 7.55. The van der Waals surface area contributed by atoms with E-state index in [-0.39, 0.29) is 0 Å². The van der Waals surface area contributed by atoms with Crippen molar-refractivity contribution in [3.63, 3.8) is 0 Å². The lowest BCUT2D eigenvalue weighted by atomic mass is 9.76. The summed E-state index contributed by atoms with van der Waals surface area (Å²) < 4.78 is 0. The molecule has 1 N–H and O–H groups in total. The minimum absolute atomic E-state index is 0.643. The van der Waals surface area contributed by atoms with Crippen molar-refractivity contribution in [2.24, 2.45) is 17.8 Å². The number of likely N-dealkylation sites (N-methyl/N-ethyl adjacent to an activating group) is 1. The fourth-order valence-electron chi connectivity index (χ4n) is 4.26. The molecular weight excluding hydrogens is 242 g/mol. The lowest BCUT2D eigenvalue weighted by molar-refractivity contribution is 0.277. The Bertz CT molecular complexity index is 417. The van der Waals surface area contributed by atoms with Crippen LogP contribution in [0.1, 0.15) is 37.2 Å². The zero-order chi connectivity index (χ0) is 12.5. The molecule has 0 aliphatic heterocycles. The highest BCUT2D eigenvalue weighted by atomic mass is 35.5. The Labute approximate surface area is 115 Å². The summed E-state index contributed by atoms with van der Waals surface area (Å²) in [5.41, 5.74) is 1.43. The van der Waals surface area contributed by atoms with Crippen molar-refractivity contribution in [3.8, 4) is 0 Å². The van der Waals surface area contributed by atoms with Crippen molar-refractivity contribution in [3.05, 3.63) is 34.9 Å². The van der Waals surface area contributed by atoms with Gasteiger partial charge in [-0.25, -0.2) is 0 Å². The second-order valence-electron chi connectivity index (χ2n) is 6.06. The van der Waals surface area contributed by atoms with E-state index in [0.717, 1.165) is 29.3 Å². The van der Waals surface area contributed by atoms with Gasteiger partial charge in [0.15, 0.2) is 0 Å². The molecule has 2 bridgehead atoms. The lowest BCUT2D eigenvalue weighted by Crippen LogP contribution is -2.27. The Morgan fingerprint density at radius 2 is 2.22 bits per heavy atom. The molecule has 1 aromatic rings. The van der Waals surface area contributed by atoms with Gasteiger partial charge in [0.2, 0.25) is 0 Å². The maximum Gasteiger partial charge on any atom is 0.0408 e. The Kier molecular flexibility index (Phi) is 3.63. The third-order valence-electron chi connectivity index (χ3n) is 5.01. The summed E-state index contributed by atoms with van der Waals surface area (Å²) in [4.78, 5) is 0. The molecule has 2 saturated carbocycles. The number of benzene rings is 1. The van der Waals surface area contributed by atoms with Gasteiger partial charge < -0.3 is 5.32 Å². The summed E-state index contributed by atoms with van der Waals surface area (Å²) in [5.74, 6) is 3.49. The molecule has 0 aromatic heterocycles. The van der Waals surface area contributed by atoms with Crippen molar-refractivity contribution < 1.29 is 0 Å². The Balaban J connectivity index is 1.84. The average Bonchev–Trinajstić information content (AvgIpc) is 2.98. The molecule has 4 unspecified atom stereocenters. The standard InChI is InChI=1S/C16H22ClN/c1-18-10-16(12-3-2-4-14(17)9-12)15-8-11-5-6-13(15)7-11/h2-4,9,11,13,15-16,18H,5-8,10H2,1H3. The molecule has 2 fully saturated rings. The summed E-state index contributed by atoms with van der Waals surface area (Å²) in [6, 6.07) is 8.48. The van der Waals surface area contributed by atoms with Gasteiger partial charge in [-0.2, -0.15) is 0 Å². The maximum atomic E-state index is 6.15. The van der Waals surface area contributed by atoms with E-state index in [9.17, 15) is 0 Å². The topological polar surface area (TPSA) is 12.0 Å². The van der Waals surface area contributed by atoms with Gasteiger partial charge in [-0.05, 0) is 67.7 Å². The summed E-state index contributed by atoms with van der Waals surface area (Å²) in [6.45, 7) is 1.08. The first-order chi connectivity index (χ1) is 8.78. The van der Waals surface area contributed by atoms with E-state index in [1.807, 2.05) is 6.07 Å².